The number of benzene rings is 1. The number of carbonyl (C=O) groups is 1. The van der Waals surface area contributed by atoms with Gasteiger partial charge in [-0.2, -0.15) is 0 Å². The largest absolute Gasteiger partial charge is 0.469 e. The van der Waals surface area contributed by atoms with Crippen LogP contribution < -0.4 is 11.1 Å². The van der Waals surface area contributed by atoms with E-state index in [1.807, 2.05) is 6.07 Å². The van der Waals surface area contributed by atoms with Gasteiger partial charge < -0.3 is 14.2 Å². The predicted octanol–water partition coefficient (Wildman–Crippen LogP) is 2.29. The van der Waals surface area contributed by atoms with E-state index in [0.29, 0.717) is 29.6 Å². The molecule has 0 aliphatic carbocycles. The Morgan fingerprint density at radius 3 is 3.00 bits per heavy atom. The number of nitrogens with one attached hydrogen (secondary N) is 2. The molecule has 1 aromatic carbocycles. The minimum absolute atomic E-state index is 0.126. The average Bonchev–Trinajstić information content (AvgIpc) is 3.04. The highest BCUT2D eigenvalue weighted by atomic mass is 16.4. The molecule has 3 rings (SSSR count). The molecule has 0 saturated carbocycles. The highest BCUT2D eigenvalue weighted by molar-refractivity contribution is 5.92. The van der Waals surface area contributed by atoms with Crippen molar-refractivity contribution >= 4 is 22.7 Å². The third kappa shape index (κ3) is 2.64. The monoisotopic (exact) mass is 272 g/mol. The fourth-order valence-corrected chi connectivity index (χ4v) is 1.94. The van der Waals surface area contributed by atoms with Gasteiger partial charge in [-0.15, -0.1) is 0 Å². The molecule has 0 atom stereocenters. The lowest BCUT2D eigenvalue weighted by molar-refractivity contribution is -0.116. The molecule has 0 aliphatic rings. The number of carbonyl (C=O) groups excluding carboxylic acids is 1. The lowest BCUT2D eigenvalue weighted by Gasteiger charge is -2.04. The Morgan fingerprint density at radius 2 is 2.20 bits per heavy atom. The zero-order valence-electron chi connectivity index (χ0n) is 10.5. The fourth-order valence-electron chi connectivity index (χ4n) is 1.94. The van der Waals surface area contributed by atoms with Gasteiger partial charge in [-0.25, -0.2) is 4.79 Å². The van der Waals surface area contributed by atoms with Crippen molar-refractivity contribution < 1.29 is 13.6 Å². The lowest BCUT2D eigenvalue weighted by Crippen LogP contribution is -2.12. The standard InChI is InChI=1S/C14H12N2O4/c17-13(6-4-10-2-1-7-19-10)15-9-3-5-11-12(8-9)20-14(18)16-11/h1-3,5,7-8H,4,6H2,(H,15,17)(H,16,18). The molecule has 2 N–H and O–H groups in total. The van der Waals surface area contributed by atoms with E-state index in [9.17, 15) is 9.59 Å². The van der Waals surface area contributed by atoms with Crippen LogP contribution in [0.3, 0.4) is 0 Å². The molecule has 0 saturated heterocycles. The van der Waals surface area contributed by atoms with Gasteiger partial charge in [0.05, 0.1) is 11.8 Å². The van der Waals surface area contributed by atoms with Crippen LogP contribution in [0.25, 0.3) is 11.1 Å². The number of rotatable bonds is 4. The van der Waals surface area contributed by atoms with Crippen LogP contribution in [0.2, 0.25) is 0 Å². The average molecular weight is 272 g/mol. The zero-order chi connectivity index (χ0) is 13.9. The van der Waals surface area contributed by atoms with Crippen molar-refractivity contribution in [1.82, 2.24) is 4.98 Å². The van der Waals surface area contributed by atoms with Gasteiger partial charge >= 0.3 is 5.76 Å². The summed E-state index contributed by atoms with van der Waals surface area (Å²) in [7, 11) is 0. The van der Waals surface area contributed by atoms with E-state index in [1.54, 1.807) is 30.5 Å². The number of aryl methyl sites for hydroxylation is 1. The molecule has 0 radical (unpaired) electrons. The second-order valence-electron chi connectivity index (χ2n) is 4.35. The minimum Gasteiger partial charge on any atom is -0.469 e. The van der Waals surface area contributed by atoms with Crippen LogP contribution in [0.4, 0.5) is 5.69 Å². The third-order valence-corrected chi connectivity index (χ3v) is 2.88. The number of aromatic amines is 1. The van der Waals surface area contributed by atoms with Crippen LogP contribution in [0.1, 0.15) is 12.2 Å². The molecule has 6 nitrogen and oxygen atoms in total. The Balaban J connectivity index is 1.66. The Kier molecular flexibility index (Phi) is 3.12. The Bertz CT molecular complexity index is 783. The van der Waals surface area contributed by atoms with E-state index in [-0.39, 0.29) is 5.91 Å². The summed E-state index contributed by atoms with van der Waals surface area (Å²) in [4.78, 5) is 25.4. The maximum Gasteiger partial charge on any atom is 0.417 e. The van der Waals surface area contributed by atoms with Crippen molar-refractivity contribution in [3.63, 3.8) is 0 Å². The molecule has 0 aliphatic heterocycles. The van der Waals surface area contributed by atoms with E-state index in [2.05, 4.69) is 10.3 Å². The first-order chi connectivity index (χ1) is 9.70. The second-order valence-corrected chi connectivity index (χ2v) is 4.35. The Labute approximate surface area is 113 Å². The van der Waals surface area contributed by atoms with Crippen LogP contribution in [0, 0.1) is 0 Å². The normalized spacial score (nSPS) is 10.8. The van der Waals surface area contributed by atoms with Crippen LogP contribution in [-0.4, -0.2) is 10.9 Å². The van der Waals surface area contributed by atoms with Gasteiger partial charge in [0.25, 0.3) is 0 Å². The molecule has 2 heterocycles. The smallest absolute Gasteiger partial charge is 0.417 e. The third-order valence-electron chi connectivity index (χ3n) is 2.88. The number of fused-ring (bicyclic) bond motifs is 1. The first-order valence-electron chi connectivity index (χ1n) is 6.16. The summed E-state index contributed by atoms with van der Waals surface area (Å²) in [5, 5.41) is 2.75. The molecule has 0 unspecified atom stereocenters. The molecule has 0 spiro atoms. The first kappa shape index (κ1) is 12.3. The number of H-pyrrole nitrogens is 1. The quantitative estimate of drug-likeness (QED) is 0.762. The Hall–Kier alpha value is -2.76. The maximum absolute atomic E-state index is 11.8. The summed E-state index contributed by atoms with van der Waals surface area (Å²) in [6.45, 7) is 0. The maximum atomic E-state index is 11.8. The molecular formula is C14H12N2O4. The molecule has 0 bridgehead atoms. The highest BCUT2D eigenvalue weighted by Crippen LogP contribution is 2.16. The van der Waals surface area contributed by atoms with Crippen LogP contribution in [0.15, 0.2) is 50.2 Å². The summed E-state index contributed by atoms with van der Waals surface area (Å²) in [6.07, 6.45) is 2.44. The van der Waals surface area contributed by atoms with Crippen LogP contribution in [-0.2, 0) is 11.2 Å². The van der Waals surface area contributed by atoms with E-state index >= 15 is 0 Å². The lowest BCUT2D eigenvalue weighted by atomic mass is 10.2. The van der Waals surface area contributed by atoms with E-state index in [4.69, 9.17) is 8.83 Å². The van der Waals surface area contributed by atoms with Gasteiger partial charge in [-0.3, -0.25) is 9.78 Å². The number of hydrogen-bond donors (Lipinski definition) is 2. The van der Waals surface area contributed by atoms with Gasteiger partial charge in [-0.1, -0.05) is 0 Å². The molecule has 102 valence electrons. The number of anilines is 1. The molecule has 1 amide bonds. The van der Waals surface area contributed by atoms with Crippen molar-refractivity contribution in [2.24, 2.45) is 0 Å². The summed E-state index contributed by atoms with van der Waals surface area (Å²) in [5.74, 6) is 0.132. The number of amides is 1. The number of aromatic nitrogens is 1. The van der Waals surface area contributed by atoms with Gasteiger partial charge in [-0.05, 0) is 24.3 Å². The number of furan rings is 1. The van der Waals surface area contributed by atoms with Crippen molar-refractivity contribution in [3.05, 3.63) is 52.9 Å². The summed E-state index contributed by atoms with van der Waals surface area (Å²) >= 11 is 0. The van der Waals surface area contributed by atoms with E-state index in [1.165, 1.54) is 0 Å². The number of oxazole rings is 1. The fraction of sp³-hybridized carbons (Fsp3) is 0.143. The molecule has 0 fully saturated rings. The van der Waals surface area contributed by atoms with Gasteiger partial charge in [0, 0.05) is 24.6 Å². The molecule has 2 aromatic heterocycles. The van der Waals surface area contributed by atoms with Gasteiger partial charge in [0.2, 0.25) is 5.91 Å². The number of hydrogen-bond acceptors (Lipinski definition) is 4. The summed E-state index contributed by atoms with van der Waals surface area (Å²) < 4.78 is 10.1. The first-order valence-corrected chi connectivity index (χ1v) is 6.16. The molecule has 3 aromatic rings. The van der Waals surface area contributed by atoms with E-state index < -0.39 is 5.76 Å². The van der Waals surface area contributed by atoms with Crippen molar-refractivity contribution in [3.8, 4) is 0 Å². The zero-order valence-corrected chi connectivity index (χ0v) is 10.5. The minimum atomic E-state index is -0.513. The van der Waals surface area contributed by atoms with Crippen LogP contribution >= 0.6 is 0 Å². The van der Waals surface area contributed by atoms with E-state index in [0.717, 1.165) is 5.76 Å². The summed E-state index contributed by atoms with van der Waals surface area (Å²) in [5.41, 5.74) is 1.60. The molecule has 6 heteroatoms. The van der Waals surface area contributed by atoms with Gasteiger partial charge in [0.15, 0.2) is 5.58 Å². The SMILES string of the molecule is O=C(CCc1ccco1)Nc1ccc2[nH]c(=O)oc2c1. The van der Waals surface area contributed by atoms with Crippen molar-refractivity contribution in [2.75, 3.05) is 5.32 Å². The van der Waals surface area contributed by atoms with Crippen LogP contribution in [0.5, 0.6) is 0 Å². The predicted molar refractivity (Wildman–Crippen MR) is 72.5 cm³/mol. The highest BCUT2D eigenvalue weighted by Gasteiger charge is 2.07. The van der Waals surface area contributed by atoms with Gasteiger partial charge in [0.1, 0.15) is 5.76 Å². The molecule has 20 heavy (non-hydrogen) atoms. The van der Waals surface area contributed by atoms with Crippen molar-refractivity contribution in [1.29, 1.82) is 0 Å². The Morgan fingerprint density at radius 1 is 1.30 bits per heavy atom. The summed E-state index contributed by atoms with van der Waals surface area (Å²) in [6, 6.07) is 8.61. The van der Waals surface area contributed by atoms with Crippen molar-refractivity contribution in [2.45, 2.75) is 12.8 Å². The molecular weight excluding hydrogens is 260 g/mol. The topological polar surface area (TPSA) is 88.2 Å². The second kappa shape index (κ2) is 5.08.